The van der Waals surface area contributed by atoms with E-state index in [1.165, 1.54) is 0 Å². The highest BCUT2D eigenvalue weighted by Crippen LogP contribution is 2.60. The van der Waals surface area contributed by atoms with Crippen LogP contribution < -0.4 is 0 Å². The van der Waals surface area contributed by atoms with Crippen molar-refractivity contribution in [1.82, 2.24) is 0 Å². The molecule has 2 aromatic carbocycles. The minimum absolute atomic E-state index is 0.0774. The molecule has 1 saturated carbocycles. The molecule has 0 radical (unpaired) electrons. The second kappa shape index (κ2) is 5.63. The van der Waals surface area contributed by atoms with Crippen LogP contribution in [0.25, 0.3) is 0 Å². The number of ether oxygens (including phenoxy) is 2. The Morgan fingerprint density at radius 2 is 1.41 bits per heavy atom. The highest BCUT2D eigenvalue weighted by atomic mass is 16.8. The molecule has 0 spiro atoms. The highest BCUT2D eigenvalue weighted by molar-refractivity contribution is 6.04. The molecule has 3 nitrogen and oxygen atoms in total. The van der Waals surface area contributed by atoms with Crippen molar-refractivity contribution in [2.24, 2.45) is 11.8 Å². The van der Waals surface area contributed by atoms with E-state index in [9.17, 15) is 4.79 Å². The third kappa shape index (κ3) is 2.19. The zero-order chi connectivity index (χ0) is 18.8. The number of carbonyl (C=O) groups is 1. The molecule has 1 saturated heterocycles. The van der Waals surface area contributed by atoms with E-state index in [1.54, 1.807) is 0 Å². The molecule has 2 fully saturated rings. The Morgan fingerprint density at radius 1 is 0.852 bits per heavy atom. The predicted octanol–water partition coefficient (Wildman–Crippen LogP) is 4.27. The van der Waals surface area contributed by atoms with Crippen LogP contribution in [0.15, 0.2) is 72.3 Å². The van der Waals surface area contributed by atoms with Crippen molar-refractivity contribution in [2.75, 3.05) is 0 Å². The molecule has 0 unspecified atom stereocenters. The number of allylic oxidation sites excluding steroid dienone is 1. The summed E-state index contributed by atoms with van der Waals surface area (Å²) in [6.45, 7) is 5.96. The molecule has 4 atom stereocenters. The van der Waals surface area contributed by atoms with E-state index >= 15 is 0 Å². The first-order valence-corrected chi connectivity index (χ1v) is 9.64. The lowest BCUT2D eigenvalue weighted by Crippen LogP contribution is -2.67. The van der Waals surface area contributed by atoms with Crippen LogP contribution in [0.1, 0.15) is 31.9 Å². The molecule has 0 amide bonds. The smallest absolute Gasteiger partial charge is 0.164 e. The number of carbonyl (C=O) groups excluding carboxylic acids is 1. The topological polar surface area (TPSA) is 35.5 Å². The molecule has 0 N–H and O–H groups in total. The van der Waals surface area contributed by atoms with Crippen LogP contribution in [-0.4, -0.2) is 23.8 Å². The van der Waals surface area contributed by atoms with Gasteiger partial charge in [-0.1, -0.05) is 66.7 Å². The molecule has 1 aliphatic heterocycles. The van der Waals surface area contributed by atoms with E-state index in [1.807, 2.05) is 50.2 Å². The summed E-state index contributed by atoms with van der Waals surface area (Å²) in [5.41, 5.74) is 2.64. The molecule has 2 aliphatic carbocycles. The summed E-state index contributed by atoms with van der Waals surface area (Å²) in [5, 5.41) is 0. The maximum Gasteiger partial charge on any atom is 0.164 e. The monoisotopic (exact) mass is 360 g/mol. The molecule has 2 aromatic rings. The van der Waals surface area contributed by atoms with Crippen LogP contribution in [0.5, 0.6) is 0 Å². The Kier molecular flexibility index (Phi) is 3.53. The Bertz CT molecular complexity index is 874. The Labute approximate surface area is 160 Å². The fourth-order valence-electron chi connectivity index (χ4n) is 5.37. The van der Waals surface area contributed by atoms with Crippen LogP contribution >= 0.6 is 0 Å². The third-order valence-electron chi connectivity index (χ3n) is 6.41. The molecule has 27 heavy (non-hydrogen) atoms. The van der Waals surface area contributed by atoms with E-state index in [0.29, 0.717) is 0 Å². The molecule has 3 aliphatic rings. The first kappa shape index (κ1) is 16.9. The van der Waals surface area contributed by atoms with Crippen molar-refractivity contribution in [2.45, 2.75) is 44.2 Å². The van der Waals surface area contributed by atoms with Crippen molar-refractivity contribution >= 4 is 5.78 Å². The molecule has 5 rings (SSSR count). The summed E-state index contributed by atoms with van der Waals surface area (Å²) < 4.78 is 12.3. The van der Waals surface area contributed by atoms with Gasteiger partial charge in [-0.05, 0) is 37.5 Å². The predicted molar refractivity (Wildman–Crippen MR) is 103 cm³/mol. The van der Waals surface area contributed by atoms with E-state index in [2.05, 4.69) is 37.3 Å². The Morgan fingerprint density at radius 3 is 1.96 bits per heavy atom. The van der Waals surface area contributed by atoms with Gasteiger partial charge < -0.3 is 9.47 Å². The van der Waals surface area contributed by atoms with Gasteiger partial charge in [0.1, 0.15) is 12.2 Å². The Balaban J connectivity index is 1.68. The number of hydrogen-bond acceptors (Lipinski definition) is 3. The maximum atomic E-state index is 13.8. The quantitative estimate of drug-likeness (QED) is 0.751. The zero-order valence-corrected chi connectivity index (χ0v) is 15.9. The SMILES string of the molecule is CC1=C[C@@H]2[C@@H](C(=O)C2(c2ccccc2)c2ccccc2)[C@@H]2OC(C)(C)O[C@H]12. The van der Waals surface area contributed by atoms with E-state index < -0.39 is 11.2 Å². The van der Waals surface area contributed by atoms with Crippen molar-refractivity contribution in [3.8, 4) is 0 Å². The van der Waals surface area contributed by atoms with E-state index in [0.717, 1.165) is 16.7 Å². The maximum absolute atomic E-state index is 13.8. The lowest BCUT2D eigenvalue weighted by Gasteiger charge is -2.57. The highest BCUT2D eigenvalue weighted by Gasteiger charge is 2.69. The van der Waals surface area contributed by atoms with Gasteiger partial charge >= 0.3 is 0 Å². The first-order chi connectivity index (χ1) is 12.9. The van der Waals surface area contributed by atoms with E-state index in [4.69, 9.17) is 9.47 Å². The molecular formula is C24H24O3. The first-order valence-electron chi connectivity index (χ1n) is 9.64. The minimum atomic E-state index is -0.655. The van der Waals surface area contributed by atoms with Crippen LogP contribution in [0, 0.1) is 11.8 Å². The summed E-state index contributed by atoms with van der Waals surface area (Å²) in [6, 6.07) is 20.4. The largest absolute Gasteiger partial charge is 0.343 e. The van der Waals surface area contributed by atoms with Gasteiger partial charge in [-0.25, -0.2) is 0 Å². The third-order valence-corrected chi connectivity index (χ3v) is 6.41. The van der Waals surface area contributed by atoms with Crippen molar-refractivity contribution < 1.29 is 14.3 Å². The average Bonchev–Trinajstić information content (AvgIpc) is 2.99. The molecule has 3 heteroatoms. The van der Waals surface area contributed by atoms with Gasteiger partial charge in [-0.15, -0.1) is 0 Å². The summed E-state index contributed by atoms with van der Waals surface area (Å²) in [5.74, 6) is -0.503. The van der Waals surface area contributed by atoms with Crippen LogP contribution in [-0.2, 0) is 19.7 Å². The van der Waals surface area contributed by atoms with Gasteiger partial charge in [0.2, 0.25) is 0 Å². The second-order valence-corrected chi connectivity index (χ2v) is 8.39. The second-order valence-electron chi connectivity index (χ2n) is 8.39. The fraction of sp³-hybridized carbons (Fsp3) is 0.375. The molecule has 1 heterocycles. The summed E-state index contributed by atoms with van der Waals surface area (Å²) >= 11 is 0. The van der Waals surface area contributed by atoms with Crippen LogP contribution in [0.4, 0.5) is 0 Å². The van der Waals surface area contributed by atoms with Crippen molar-refractivity contribution in [1.29, 1.82) is 0 Å². The normalized spacial score (nSPS) is 32.9. The number of rotatable bonds is 2. The number of ketones is 1. The van der Waals surface area contributed by atoms with Gasteiger partial charge in [-0.3, -0.25) is 4.79 Å². The van der Waals surface area contributed by atoms with Gasteiger partial charge in [0.25, 0.3) is 0 Å². The molecule has 0 aromatic heterocycles. The molecular weight excluding hydrogens is 336 g/mol. The average molecular weight is 360 g/mol. The van der Waals surface area contributed by atoms with Gasteiger partial charge in [0, 0.05) is 5.92 Å². The fourth-order valence-corrected chi connectivity index (χ4v) is 5.37. The van der Waals surface area contributed by atoms with Crippen molar-refractivity contribution in [3.05, 3.63) is 83.4 Å². The minimum Gasteiger partial charge on any atom is -0.343 e. The lowest BCUT2D eigenvalue weighted by molar-refractivity contribution is -0.166. The standard InChI is InChI=1S/C24H24O3/c1-15-14-18-19(21-20(15)26-23(2,3)27-21)22(25)24(18,16-10-6-4-7-11-16)17-12-8-5-9-13-17/h4-14,18-21H,1-3H3/t18-,19-,20-,21+/m1/s1. The van der Waals surface area contributed by atoms with Crippen LogP contribution in [0.2, 0.25) is 0 Å². The van der Waals surface area contributed by atoms with Crippen LogP contribution in [0.3, 0.4) is 0 Å². The summed E-state index contributed by atoms with van der Waals surface area (Å²) in [6.07, 6.45) is 1.93. The summed E-state index contributed by atoms with van der Waals surface area (Å²) in [7, 11) is 0. The lowest BCUT2D eigenvalue weighted by atomic mass is 9.44. The molecule has 0 bridgehead atoms. The summed E-state index contributed by atoms with van der Waals surface area (Å²) in [4.78, 5) is 13.8. The number of benzene rings is 2. The zero-order valence-electron chi connectivity index (χ0n) is 15.9. The number of fused-ring (bicyclic) bond motifs is 3. The van der Waals surface area contributed by atoms with Gasteiger partial charge in [0.05, 0.1) is 11.3 Å². The number of Topliss-reactive ketones (excluding diaryl/α,β-unsaturated/α-hetero) is 1. The van der Waals surface area contributed by atoms with Gasteiger partial charge in [0.15, 0.2) is 11.6 Å². The molecule has 138 valence electrons. The number of hydrogen-bond donors (Lipinski definition) is 0. The van der Waals surface area contributed by atoms with E-state index in [-0.39, 0.29) is 29.8 Å². The Hall–Kier alpha value is -2.23. The van der Waals surface area contributed by atoms with Crippen molar-refractivity contribution in [3.63, 3.8) is 0 Å². The van der Waals surface area contributed by atoms with Gasteiger partial charge in [-0.2, -0.15) is 0 Å².